The third kappa shape index (κ3) is 3.83. The van der Waals surface area contributed by atoms with Gasteiger partial charge in [-0.05, 0) is 49.3 Å². The number of benzene rings is 1. The van der Waals surface area contributed by atoms with E-state index < -0.39 is 0 Å². The van der Waals surface area contributed by atoms with Crippen molar-refractivity contribution in [2.75, 3.05) is 5.32 Å². The predicted molar refractivity (Wildman–Crippen MR) is 86.9 cm³/mol. The fourth-order valence-corrected chi connectivity index (χ4v) is 3.43. The largest absolute Gasteiger partial charge is 0.389 e. The van der Waals surface area contributed by atoms with Gasteiger partial charge in [-0.1, -0.05) is 37.7 Å². The molecular formula is C15H21ClN2S. The summed E-state index contributed by atoms with van der Waals surface area (Å²) in [5, 5.41) is 4.25. The van der Waals surface area contributed by atoms with Crippen LogP contribution in [-0.4, -0.2) is 11.0 Å². The van der Waals surface area contributed by atoms with E-state index in [1.807, 2.05) is 18.2 Å². The number of hydrogen-bond donors (Lipinski definition) is 2. The molecule has 0 spiro atoms. The minimum absolute atomic E-state index is 0.383. The summed E-state index contributed by atoms with van der Waals surface area (Å²) >= 11 is 11.2. The van der Waals surface area contributed by atoms with Crippen LogP contribution in [0.4, 0.5) is 5.69 Å². The standard InChI is InChI=1S/C15H21ClN2S/c1-9-5-10(2)7-12(6-9)18-14-4-3-11(15(17)19)8-13(14)16/h3-4,8-10,12,18H,5-7H2,1-2H3,(H2,17,19). The molecule has 0 aromatic heterocycles. The molecule has 19 heavy (non-hydrogen) atoms. The molecule has 4 heteroatoms. The molecule has 2 unspecified atom stereocenters. The van der Waals surface area contributed by atoms with Crippen LogP contribution in [-0.2, 0) is 0 Å². The summed E-state index contributed by atoms with van der Waals surface area (Å²) in [6.45, 7) is 4.64. The normalized spacial score (nSPS) is 27.0. The maximum Gasteiger partial charge on any atom is 0.104 e. The number of nitrogens with one attached hydrogen (secondary N) is 1. The lowest BCUT2D eigenvalue weighted by molar-refractivity contribution is 0.281. The molecule has 0 amide bonds. The maximum absolute atomic E-state index is 6.29. The van der Waals surface area contributed by atoms with Crippen LogP contribution in [0.3, 0.4) is 0 Å². The highest BCUT2D eigenvalue weighted by atomic mass is 35.5. The second-order valence-electron chi connectivity index (χ2n) is 5.82. The van der Waals surface area contributed by atoms with Crippen molar-refractivity contribution in [3.63, 3.8) is 0 Å². The molecule has 2 atom stereocenters. The van der Waals surface area contributed by atoms with Gasteiger partial charge in [-0.15, -0.1) is 0 Å². The monoisotopic (exact) mass is 296 g/mol. The summed E-state index contributed by atoms with van der Waals surface area (Å²) in [7, 11) is 0. The Morgan fingerprint density at radius 3 is 2.42 bits per heavy atom. The number of halogens is 1. The number of anilines is 1. The lowest BCUT2D eigenvalue weighted by Crippen LogP contribution is -2.30. The third-order valence-corrected chi connectivity index (χ3v) is 4.34. The quantitative estimate of drug-likeness (QED) is 0.821. The van der Waals surface area contributed by atoms with Gasteiger partial charge in [0, 0.05) is 11.6 Å². The van der Waals surface area contributed by atoms with Gasteiger partial charge in [-0.2, -0.15) is 0 Å². The molecule has 1 fully saturated rings. The number of thiocarbonyl (C=S) groups is 1. The summed E-state index contributed by atoms with van der Waals surface area (Å²) < 4.78 is 0. The Morgan fingerprint density at radius 1 is 1.26 bits per heavy atom. The van der Waals surface area contributed by atoms with E-state index in [0.717, 1.165) is 23.1 Å². The topological polar surface area (TPSA) is 38.0 Å². The molecule has 0 saturated heterocycles. The lowest BCUT2D eigenvalue weighted by atomic mass is 9.80. The molecule has 1 aromatic rings. The Labute approximate surface area is 125 Å². The van der Waals surface area contributed by atoms with E-state index in [0.29, 0.717) is 16.1 Å². The molecule has 1 aliphatic rings. The van der Waals surface area contributed by atoms with Gasteiger partial charge in [-0.3, -0.25) is 0 Å². The van der Waals surface area contributed by atoms with Crippen molar-refractivity contribution in [3.8, 4) is 0 Å². The Bertz CT molecular complexity index is 465. The summed E-state index contributed by atoms with van der Waals surface area (Å²) in [6.07, 6.45) is 3.74. The van der Waals surface area contributed by atoms with Crippen LogP contribution in [0, 0.1) is 11.8 Å². The number of nitrogens with two attached hydrogens (primary N) is 1. The fourth-order valence-electron chi connectivity index (χ4n) is 3.07. The Hall–Kier alpha value is -0.800. The Balaban J connectivity index is 2.08. The first-order valence-electron chi connectivity index (χ1n) is 6.81. The van der Waals surface area contributed by atoms with Gasteiger partial charge in [0.05, 0.1) is 10.7 Å². The van der Waals surface area contributed by atoms with E-state index in [2.05, 4.69) is 19.2 Å². The summed E-state index contributed by atoms with van der Waals surface area (Å²) in [5.74, 6) is 1.55. The minimum atomic E-state index is 0.383. The van der Waals surface area contributed by atoms with Gasteiger partial charge in [0.1, 0.15) is 4.99 Å². The van der Waals surface area contributed by atoms with Gasteiger partial charge in [0.2, 0.25) is 0 Å². The van der Waals surface area contributed by atoms with Crippen molar-refractivity contribution >= 4 is 34.5 Å². The van der Waals surface area contributed by atoms with Crippen LogP contribution >= 0.6 is 23.8 Å². The highest BCUT2D eigenvalue weighted by molar-refractivity contribution is 7.80. The van der Waals surface area contributed by atoms with Gasteiger partial charge in [-0.25, -0.2) is 0 Å². The van der Waals surface area contributed by atoms with Gasteiger partial charge in [0.25, 0.3) is 0 Å². The Morgan fingerprint density at radius 2 is 1.89 bits per heavy atom. The minimum Gasteiger partial charge on any atom is -0.389 e. The van der Waals surface area contributed by atoms with E-state index in [4.69, 9.17) is 29.6 Å². The fraction of sp³-hybridized carbons (Fsp3) is 0.533. The second kappa shape index (κ2) is 6.10. The van der Waals surface area contributed by atoms with Gasteiger partial charge >= 0.3 is 0 Å². The van der Waals surface area contributed by atoms with Crippen LogP contribution in [0.5, 0.6) is 0 Å². The van der Waals surface area contributed by atoms with Crippen molar-refractivity contribution in [2.45, 2.75) is 39.2 Å². The SMILES string of the molecule is CC1CC(C)CC(Nc2ccc(C(N)=S)cc2Cl)C1. The molecule has 0 heterocycles. The van der Waals surface area contributed by atoms with Crippen LogP contribution in [0.1, 0.15) is 38.7 Å². The first-order valence-corrected chi connectivity index (χ1v) is 7.60. The molecule has 0 aliphatic heterocycles. The van der Waals surface area contributed by atoms with Gasteiger partial charge < -0.3 is 11.1 Å². The van der Waals surface area contributed by atoms with E-state index in [1.54, 1.807) is 0 Å². The second-order valence-corrected chi connectivity index (χ2v) is 6.66. The molecular weight excluding hydrogens is 276 g/mol. The first-order chi connectivity index (χ1) is 8.95. The van der Waals surface area contributed by atoms with Crippen LogP contribution in [0.15, 0.2) is 18.2 Å². The zero-order valence-corrected chi connectivity index (χ0v) is 13.0. The number of hydrogen-bond acceptors (Lipinski definition) is 2. The van der Waals surface area contributed by atoms with E-state index in [1.165, 1.54) is 19.3 Å². The Kier molecular flexibility index (Phi) is 4.69. The molecule has 1 aromatic carbocycles. The highest BCUT2D eigenvalue weighted by Gasteiger charge is 2.24. The average molecular weight is 297 g/mol. The molecule has 2 rings (SSSR count). The smallest absolute Gasteiger partial charge is 0.104 e. The molecule has 2 nitrogen and oxygen atoms in total. The average Bonchev–Trinajstić information content (AvgIpc) is 2.30. The molecule has 1 aliphatic carbocycles. The molecule has 1 saturated carbocycles. The summed E-state index contributed by atoms with van der Waals surface area (Å²) in [5.41, 5.74) is 7.40. The van der Waals surface area contributed by atoms with Crippen LogP contribution < -0.4 is 11.1 Å². The van der Waals surface area contributed by atoms with E-state index >= 15 is 0 Å². The molecule has 104 valence electrons. The van der Waals surface area contributed by atoms with E-state index in [-0.39, 0.29) is 0 Å². The van der Waals surface area contributed by atoms with Gasteiger partial charge in [0.15, 0.2) is 0 Å². The first kappa shape index (κ1) is 14.6. The number of rotatable bonds is 3. The lowest BCUT2D eigenvalue weighted by Gasteiger charge is -2.32. The van der Waals surface area contributed by atoms with Crippen molar-refractivity contribution < 1.29 is 0 Å². The van der Waals surface area contributed by atoms with Crippen molar-refractivity contribution in [3.05, 3.63) is 28.8 Å². The van der Waals surface area contributed by atoms with Crippen molar-refractivity contribution in [1.82, 2.24) is 0 Å². The van der Waals surface area contributed by atoms with Crippen molar-refractivity contribution in [2.24, 2.45) is 17.6 Å². The molecule has 0 radical (unpaired) electrons. The predicted octanol–water partition coefficient (Wildman–Crippen LogP) is 4.21. The molecule has 0 bridgehead atoms. The van der Waals surface area contributed by atoms with Crippen molar-refractivity contribution in [1.29, 1.82) is 0 Å². The molecule has 3 N–H and O–H groups in total. The zero-order chi connectivity index (χ0) is 14.0. The summed E-state index contributed by atoms with van der Waals surface area (Å²) in [6, 6.07) is 6.24. The summed E-state index contributed by atoms with van der Waals surface area (Å²) in [4.78, 5) is 0.383. The highest BCUT2D eigenvalue weighted by Crippen LogP contribution is 2.32. The van der Waals surface area contributed by atoms with Crippen LogP contribution in [0.2, 0.25) is 5.02 Å². The zero-order valence-electron chi connectivity index (χ0n) is 11.4. The van der Waals surface area contributed by atoms with E-state index in [9.17, 15) is 0 Å². The maximum atomic E-state index is 6.29. The third-order valence-electron chi connectivity index (χ3n) is 3.79. The van der Waals surface area contributed by atoms with Crippen LogP contribution in [0.25, 0.3) is 0 Å².